The molecule has 0 aliphatic rings. The Morgan fingerprint density at radius 2 is 1.65 bits per heavy atom. The quantitative estimate of drug-likeness (QED) is 0.509. The zero-order chi connectivity index (χ0) is 14.6. The van der Waals surface area contributed by atoms with Gasteiger partial charge in [-0.05, 0) is 43.2 Å². The van der Waals surface area contributed by atoms with Crippen LogP contribution >= 0.6 is 0 Å². The van der Waals surface area contributed by atoms with Crippen molar-refractivity contribution in [1.29, 1.82) is 0 Å². The van der Waals surface area contributed by atoms with E-state index in [4.69, 9.17) is 0 Å². The van der Waals surface area contributed by atoms with Crippen molar-refractivity contribution in [2.75, 3.05) is 0 Å². The molecular formula is C18H32N2. The molecule has 0 atom stereocenters. The van der Waals surface area contributed by atoms with Crippen molar-refractivity contribution in [2.45, 2.75) is 85.0 Å². The fourth-order valence-electron chi connectivity index (χ4n) is 2.43. The summed E-state index contributed by atoms with van der Waals surface area (Å²) in [4.78, 5) is 0. The Bertz CT molecular complexity index is 347. The molecule has 1 aromatic heterocycles. The first-order valence-corrected chi connectivity index (χ1v) is 8.52. The van der Waals surface area contributed by atoms with E-state index in [1.54, 1.807) is 0 Å². The molecule has 0 N–H and O–H groups in total. The minimum atomic E-state index is 0.759. The Hall–Kier alpha value is -0.920. The molecule has 0 radical (unpaired) electrons. The Balaban J connectivity index is 2.18. The number of hydrogen-bond donors (Lipinski definition) is 0. The molecule has 0 saturated carbocycles. The molecule has 114 valence electrons. The highest BCUT2D eigenvalue weighted by Gasteiger charge is 2.01. The van der Waals surface area contributed by atoms with E-state index in [1.165, 1.54) is 62.6 Å². The van der Waals surface area contributed by atoms with Crippen molar-refractivity contribution in [3.05, 3.63) is 23.5 Å². The van der Waals surface area contributed by atoms with Gasteiger partial charge in [0.15, 0.2) is 0 Å². The van der Waals surface area contributed by atoms with Crippen LogP contribution in [-0.4, -0.2) is 10.2 Å². The SMILES string of the molecule is CCCCCCCCCc1cc(CCC(C)C)cnn1. The maximum Gasteiger partial charge on any atom is 0.0633 e. The third-order valence-electron chi connectivity index (χ3n) is 3.81. The Morgan fingerprint density at radius 3 is 2.35 bits per heavy atom. The summed E-state index contributed by atoms with van der Waals surface area (Å²) >= 11 is 0. The Labute approximate surface area is 125 Å². The minimum absolute atomic E-state index is 0.759. The Morgan fingerprint density at radius 1 is 0.950 bits per heavy atom. The average molecular weight is 276 g/mol. The van der Waals surface area contributed by atoms with Crippen molar-refractivity contribution < 1.29 is 0 Å². The molecule has 2 heteroatoms. The summed E-state index contributed by atoms with van der Waals surface area (Å²) < 4.78 is 0. The second kappa shape index (κ2) is 10.8. The summed E-state index contributed by atoms with van der Waals surface area (Å²) in [5.74, 6) is 0.759. The van der Waals surface area contributed by atoms with Gasteiger partial charge in [0.05, 0.1) is 11.9 Å². The molecule has 0 aliphatic carbocycles. The highest BCUT2D eigenvalue weighted by Crippen LogP contribution is 2.12. The molecule has 1 aromatic rings. The number of unbranched alkanes of at least 4 members (excludes halogenated alkanes) is 6. The van der Waals surface area contributed by atoms with Gasteiger partial charge >= 0.3 is 0 Å². The molecule has 0 amide bonds. The van der Waals surface area contributed by atoms with Gasteiger partial charge < -0.3 is 0 Å². The molecule has 0 bridgehead atoms. The summed E-state index contributed by atoms with van der Waals surface area (Å²) in [7, 11) is 0. The molecule has 0 aromatic carbocycles. The third kappa shape index (κ3) is 8.29. The van der Waals surface area contributed by atoms with Crippen molar-refractivity contribution in [3.63, 3.8) is 0 Å². The van der Waals surface area contributed by atoms with Crippen LogP contribution in [0.4, 0.5) is 0 Å². The van der Waals surface area contributed by atoms with Crippen LogP contribution in [0.1, 0.15) is 83.4 Å². The summed E-state index contributed by atoms with van der Waals surface area (Å²) in [6, 6.07) is 2.26. The second-order valence-electron chi connectivity index (χ2n) is 6.36. The minimum Gasteiger partial charge on any atom is -0.159 e. The number of rotatable bonds is 11. The van der Waals surface area contributed by atoms with Gasteiger partial charge in [-0.15, -0.1) is 0 Å². The first-order valence-electron chi connectivity index (χ1n) is 8.52. The molecule has 0 saturated heterocycles. The van der Waals surface area contributed by atoms with E-state index in [1.807, 2.05) is 6.20 Å². The van der Waals surface area contributed by atoms with Gasteiger partial charge in [-0.1, -0.05) is 59.3 Å². The van der Waals surface area contributed by atoms with E-state index in [9.17, 15) is 0 Å². The standard InChI is InChI=1S/C18H32N2/c1-4-5-6-7-8-9-10-11-18-14-17(15-19-20-18)13-12-16(2)3/h14-16H,4-13H2,1-3H3. The molecule has 0 fully saturated rings. The number of hydrogen-bond acceptors (Lipinski definition) is 2. The maximum absolute atomic E-state index is 4.26. The molecule has 1 rings (SSSR count). The number of aryl methyl sites for hydroxylation is 2. The first kappa shape index (κ1) is 17.1. The van der Waals surface area contributed by atoms with Crippen molar-refractivity contribution in [3.8, 4) is 0 Å². The largest absolute Gasteiger partial charge is 0.159 e. The predicted octanol–water partition coefficient (Wildman–Crippen LogP) is 5.36. The van der Waals surface area contributed by atoms with Crippen LogP contribution in [-0.2, 0) is 12.8 Å². The molecule has 2 nitrogen and oxygen atoms in total. The summed E-state index contributed by atoms with van der Waals surface area (Å²) in [5, 5.41) is 8.42. The zero-order valence-electron chi connectivity index (χ0n) is 13.7. The third-order valence-corrected chi connectivity index (χ3v) is 3.81. The maximum atomic E-state index is 4.26. The highest BCUT2D eigenvalue weighted by molar-refractivity contribution is 5.12. The van der Waals surface area contributed by atoms with E-state index >= 15 is 0 Å². The van der Waals surface area contributed by atoms with E-state index in [-0.39, 0.29) is 0 Å². The normalized spacial score (nSPS) is 11.2. The lowest BCUT2D eigenvalue weighted by atomic mass is 10.0. The Kier molecular flexibility index (Phi) is 9.27. The van der Waals surface area contributed by atoms with Gasteiger partial charge in [-0.25, -0.2) is 0 Å². The van der Waals surface area contributed by atoms with Crippen LogP contribution in [0.15, 0.2) is 12.3 Å². The van der Waals surface area contributed by atoms with Crippen LogP contribution in [0.5, 0.6) is 0 Å². The van der Waals surface area contributed by atoms with Crippen LogP contribution in [0.2, 0.25) is 0 Å². The smallest absolute Gasteiger partial charge is 0.0633 e. The topological polar surface area (TPSA) is 25.8 Å². The number of nitrogens with zero attached hydrogens (tertiary/aromatic N) is 2. The lowest BCUT2D eigenvalue weighted by Gasteiger charge is -2.06. The molecular weight excluding hydrogens is 244 g/mol. The molecule has 0 spiro atoms. The fraction of sp³-hybridized carbons (Fsp3) is 0.778. The van der Waals surface area contributed by atoms with E-state index in [0.717, 1.165) is 18.8 Å². The van der Waals surface area contributed by atoms with Gasteiger partial charge in [0.2, 0.25) is 0 Å². The predicted molar refractivity (Wildman–Crippen MR) is 86.9 cm³/mol. The summed E-state index contributed by atoms with van der Waals surface area (Å²) in [6.45, 7) is 6.81. The van der Waals surface area contributed by atoms with Crippen molar-refractivity contribution >= 4 is 0 Å². The van der Waals surface area contributed by atoms with Crippen LogP contribution < -0.4 is 0 Å². The van der Waals surface area contributed by atoms with Crippen LogP contribution in [0.3, 0.4) is 0 Å². The summed E-state index contributed by atoms with van der Waals surface area (Å²) in [5.41, 5.74) is 2.53. The molecule has 0 unspecified atom stereocenters. The van der Waals surface area contributed by atoms with Gasteiger partial charge in [-0.2, -0.15) is 10.2 Å². The zero-order valence-corrected chi connectivity index (χ0v) is 13.7. The molecule has 1 heterocycles. The van der Waals surface area contributed by atoms with E-state index in [2.05, 4.69) is 37.0 Å². The second-order valence-corrected chi connectivity index (χ2v) is 6.36. The number of aromatic nitrogens is 2. The van der Waals surface area contributed by atoms with Gasteiger partial charge in [0.1, 0.15) is 0 Å². The van der Waals surface area contributed by atoms with E-state index in [0.29, 0.717) is 0 Å². The molecule has 0 aliphatic heterocycles. The van der Waals surface area contributed by atoms with Crippen molar-refractivity contribution in [2.24, 2.45) is 5.92 Å². The van der Waals surface area contributed by atoms with Gasteiger partial charge in [0.25, 0.3) is 0 Å². The monoisotopic (exact) mass is 276 g/mol. The van der Waals surface area contributed by atoms with Crippen LogP contribution in [0.25, 0.3) is 0 Å². The van der Waals surface area contributed by atoms with Gasteiger partial charge in [-0.3, -0.25) is 0 Å². The fourth-order valence-corrected chi connectivity index (χ4v) is 2.43. The van der Waals surface area contributed by atoms with Crippen LogP contribution in [0, 0.1) is 5.92 Å². The lowest BCUT2D eigenvalue weighted by molar-refractivity contribution is 0.580. The van der Waals surface area contributed by atoms with E-state index < -0.39 is 0 Å². The lowest BCUT2D eigenvalue weighted by Crippen LogP contribution is -1.98. The first-order chi connectivity index (χ1) is 9.72. The summed E-state index contributed by atoms with van der Waals surface area (Å²) in [6.07, 6.45) is 14.9. The molecule has 20 heavy (non-hydrogen) atoms. The van der Waals surface area contributed by atoms with Gasteiger partial charge in [0, 0.05) is 0 Å². The van der Waals surface area contributed by atoms with Crippen molar-refractivity contribution in [1.82, 2.24) is 10.2 Å². The highest BCUT2D eigenvalue weighted by atomic mass is 15.1. The average Bonchev–Trinajstić information content (AvgIpc) is 2.45.